The topological polar surface area (TPSA) is 127 Å². The molecule has 1 aromatic carbocycles. The van der Waals surface area contributed by atoms with Gasteiger partial charge in [0, 0.05) is 25.5 Å². The van der Waals surface area contributed by atoms with Gasteiger partial charge in [-0.05, 0) is 42.2 Å². The zero-order valence-corrected chi connectivity index (χ0v) is 18.2. The first-order chi connectivity index (χ1) is 15.4. The number of nitrogens with zero attached hydrogens (tertiary/aromatic N) is 2. The van der Waals surface area contributed by atoms with Gasteiger partial charge < -0.3 is 24.6 Å². The lowest BCUT2D eigenvalue weighted by Gasteiger charge is -2.32. The third-order valence-corrected chi connectivity index (χ3v) is 7.39. The Balaban J connectivity index is 1.30. The lowest BCUT2D eigenvalue weighted by atomic mass is 10.1. The van der Waals surface area contributed by atoms with Crippen molar-refractivity contribution in [3.8, 4) is 11.5 Å². The van der Waals surface area contributed by atoms with Crippen LogP contribution in [-0.4, -0.2) is 60.6 Å². The van der Waals surface area contributed by atoms with E-state index >= 15 is 0 Å². The van der Waals surface area contributed by atoms with Gasteiger partial charge >= 0.3 is 6.09 Å². The van der Waals surface area contributed by atoms with Crippen LogP contribution in [0.25, 0.3) is 0 Å². The molecule has 2 aliphatic rings. The number of ether oxygens (including phenoxy) is 3. The Morgan fingerprint density at radius 2 is 2.03 bits per heavy atom. The first kappa shape index (κ1) is 22.3. The van der Waals surface area contributed by atoms with E-state index in [4.69, 9.17) is 19.3 Å². The monoisotopic (exact) mass is 463 g/mol. The van der Waals surface area contributed by atoms with Crippen molar-refractivity contribution >= 4 is 16.1 Å². The lowest BCUT2D eigenvalue weighted by Crippen LogP contribution is -2.44. The molecular formula is C21H25N3O7S. The van der Waals surface area contributed by atoms with Gasteiger partial charge in [0.2, 0.25) is 16.8 Å². The molecule has 1 atom stereocenters. The minimum atomic E-state index is -3.68. The zero-order valence-electron chi connectivity index (χ0n) is 17.3. The molecule has 0 saturated carbocycles. The van der Waals surface area contributed by atoms with Crippen molar-refractivity contribution in [3.05, 3.63) is 53.9 Å². The van der Waals surface area contributed by atoms with Gasteiger partial charge in [0.25, 0.3) is 0 Å². The molecule has 0 radical (unpaired) electrons. The zero-order chi connectivity index (χ0) is 22.6. The van der Waals surface area contributed by atoms with Crippen molar-refractivity contribution in [3.63, 3.8) is 0 Å². The molecule has 32 heavy (non-hydrogen) atoms. The van der Waals surface area contributed by atoms with Crippen molar-refractivity contribution < 1.29 is 32.5 Å². The minimum Gasteiger partial charge on any atom is -0.465 e. The highest BCUT2D eigenvalue weighted by Gasteiger charge is 2.32. The average molecular weight is 464 g/mol. The van der Waals surface area contributed by atoms with Crippen LogP contribution in [0.5, 0.6) is 11.5 Å². The highest BCUT2D eigenvalue weighted by Crippen LogP contribution is 2.33. The maximum absolute atomic E-state index is 13.0. The second-order valence-corrected chi connectivity index (χ2v) is 9.68. The molecule has 0 bridgehead atoms. The number of carbonyl (C=O) groups is 1. The quantitative estimate of drug-likeness (QED) is 0.610. The molecule has 1 unspecified atom stereocenters. The fourth-order valence-corrected chi connectivity index (χ4v) is 5.47. The summed E-state index contributed by atoms with van der Waals surface area (Å²) in [6.45, 7) is 1.26. The van der Waals surface area contributed by atoms with Gasteiger partial charge in [-0.3, -0.25) is 4.98 Å². The molecule has 3 heterocycles. The molecule has 2 aromatic rings. The summed E-state index contributed by atoms with van der Waals surface area (Å²) in [5.74, 6) is 1.05. The van der Waals surface area contributed by atoms with Crippen LogP contribution in [0.15, 0.2) is 42.7 Å². The van der Waals surface area contributed by atoms with Gasteiger partial charge in [-0.2, -0.15) is 0 Å². The molecular weight excluding hydrogens is 438 g/mol. The van der Waals surface area contributed by atoms with Crippen LogP contribution in [0.1, 0.15) is 30.0 Å². The lowest BCUT2D eigenvalue weighted by molar-refractivity contribution is 0.0101. The van der Waals surface area contributed by atoms with E-state index < -0.39 is 22.2 Å². The summed E-state index contributed by atoms with van der Waals surface area (Å²) in [7, 11) is -3.68. The number of fused-ring (bicyclic) bond motifs is 1. The third-order valence-electron chi connectivity index (χ3n) is 5.48. The molecule has 2 aliphatic heterocycles. The van der Waals surface area contributed by atoms with Gasteiger partial charge in [0.15, 0.2) is 11.5 Å². The highest BCUT2D eigenvalue weighted by molar-refractivity contribution is 7.89. The maximum atomic E-state index is 13.0. The fourth-order valence-electron chi connectivity index (χ4n) is 3.79. The van der Waals surface area contributed by atoms with Crippen LogP contribution < -0.4 is 14.8 Å². The molecule has 1 amide bonds. The summed E-state index contributed by atoms with van der Waals surface area (Å²) in [4.78, 5) is 15.1. The van der Waals surface area contributed by atoms with Crippen molar-refractivity contribution in [1.29, 1.82) is 0 Å². The van der Waals surface area contributed by atoms with E-state index in [9.17, 15) is 13.2 Å². The number of carboxylic acid groups (broad SMARTS) is 1. The van der Waals surface area contributed by atoms with Crippen molar-refractivity contribution in [2.24, 2.45) is 0 Å². The number of aromatic nitrogens is 1. The van der Waals surface area contributed by atoms with E-state index in [2.05, 4.69) is 10.3 Å². The molecule has 11 heteroatoms. The summed E-state index contributed by atoms with van der Waals surface area (Å²) < 4.78 is 44.0. The Morgan fingerprint density at radius 3 is 2.75 bits per heavy atom. The van der Waals surface area contributed by atoms with Crippen LogP contribution in [0.2, 0.25) is 0 Å². The Morgan fingerprint density at radius 1 is 1.25 bits per heavy atom. The molecule has 2 N–H and O–H groups in total. The summed E-state index contributed by atoms with van der Waals surface area (Å²) in [5, 5.41) is 11.4. The van der Waals surface area contributed by atoms with Crippen molar-refractivity contribution in [2.75, 3.05) is 25.6 Å². The van der Waals surface area contributed by atoms with Gasteiger partial charge in [-0.25, -0.2) is 17.5 Å². The van der Waals surface area contributed by atoms with E-state index in [-0.39, 0.29) is 18.6 Å². The molecule has 1 saturated heterocycles. The predicted molar refractivity (Wildman–Crippen MR) is 114 cm³/mol. The SMILES string of the molecule is O=C(O)NC(CS(=O)(=O)N1CCC(OCc2ccc3c(c2)OCO3)CC1)c1cccnc1. The molecule has 0 aliphatic carbocycles. The third kappa shape index (κ3) is 5.47. The van der Waals surface area contributed by atoms with E-state index in [0.717, 1.165) is 5.56 Å². The number of hydrogen-bond donors (Lipinski definition) is 2. The van der Waals surface area contributed by atoms with E-state index in [1.54, 1.807) is 18.3 Å². The van der Waals surface area contributed by atoms with Crippen LogP contribution in [0.4, 0.5) is 4.79 Å². The Labute approximate surface area is 186 Å². The van der Waals surface area contributed by atoms with Crippen LogP contribution in [0, 0.1) is 0 Å². The standard InChI is InChI=1S/C21H25N3O7S/c25-21(26)23-18(16-2-1-7-22-11-16)13-32(27,28)24-8-5-17(6-9-24)29-12-15-3-4-19-20(10-15)31-14-30-19/h1-4,7,10-11,17-18,23H,5-6,8-9,12-14H2,(H,25,26). The molecule has 1 aromatic heterocycles. The first-order valence-electron chi connectivity index (χ1n) is 10.3. The summed E-state index contributed by atoms with van der Waals surface area (Å²) in [6.07, 6.45) is 2.79. The number of sulfonamides is 1. The first-order valence-corrected chi connectivity index (χ1v) is 11.9. The second kappa shape index (κ2) is 9.72. The molecule has 4 rings (SSSR count). The van der Waals surface area contributed by atoms with Crippen molar-refractivity contribution in [1.82, 2.24) is 14.6 Å². The highest BCUT2D eigenvalue weighted by atomic mass is 32.2. The van der Waals surface area contributed by atoms with E-state index in [0.29, 0.717) is 49.6 Å². The Bertz CT molecular complexity index is 1040. The average Bonchev–Trinajstić information content (AvgIpc) is 3.26. The van der Waals surface area contributed by atoms with Crippen LogP contribution >= 0.6 is 0 Å². The van der Waals surface area contributed by atoms with Gasteiger partial charge in [0.1, 0.15) is 0 Å². The molecule has 172 valence electrons. The summed E-state index contributed by atoms with van der Waals surface area (Å²) in [5.41, 5.74) is 1.46. The number of pyridine rings is 1. The maximum Gasteiger partial charge on any atom is 0.405 e. The summed E-state index contributed by atoms with van der Waals surface area (Å²) >= 11 is 0. The number of nitrogens with one attached hydrogen (secondary N) is 1. The fraction of sp³-hybridized carbons (Fsp3) is 0.429. The van der Waals surface area contributed by atoms with E-state index in [1.807, 2.05) is 18.2 Å². The molecule has 1 fully saturated rings. The Kier molecular flexibility index (Phi) is 6.77. The normalized spacial score (nSPS) is 17.8. The number of benzene rings is 1. The van der Waals surface area contributed by atoms with Gasteiger partial charge in [0.05, 0.1) is 24.5 Å². The molecule has 0 spiro atoms. The predicted octanol–water partition coefficient (Wildman–Crippen LogP) is 2.13. The van der Waals surface area contributed by atoms with Crippen molar-refractivity contribution in [2.45, 2.75) is 31.6 Å². The summed E-state index contributed by atoms with van der Waals surface area (Å²) in [6, 6.07) is 8.05. The largest absolute Gasteiger partial charge is 0.465 e. The van der Waals surface area contributed by atoms with Gasteiger partial charge in [-0.1, -0.05) is 12.1 Å². The number of piperidine rings is 1. The smallest absolute Gasteiger partial charge is 0.405 e. The number of hydrogen-bond acceptors (Lipinski definition) is 7. The number of amides is 1. The molecule has 10 nitrogen and oxygen atoms in total. The van der Waals surface area contributed by atoms with E-state index in [1.165, 1.54) is 10.5 Å². The van der Waals surface area contributed by atoms with Crippen LogP contribution in [0.3, 0.4) is 0 Å². The number of rotatable bonds is 8. The van der Waals surface area contributed by atoms with Gasteiger partial charge in [-0.15, -0.1) is 0 Å². The minimum absolute atomic E-state index is 0.0573. The second-order valence-electron chi connectivity index (χ2n) is 7.66. The van der Waals surface area contributed by atoms with Crippen LogP contribution in [-0.2, 0) is 21.4 Å². The Hall–Kier alpha value is -2.89.